The molecule has 1 amide bonds. The molecule has 0 aliphatic heterocycles. The van der Waals surface area contributed by atoms with Crippen molar-refractivity contribution in [1.82, 2.24) is 20.4 Å². The van der Waals surface area contributed by atoms with Gasteiger partial charge in [0.2, 0.25) is 11.0 Å². The lowest BCUT2D eigenvalue weighted by Crippen LogP contribution is -2.27. The predicted octanol–water partition coefficient (Wildman–Crippen LogP) is 3.61. The molecule has 4 rings (SSSR count). The molecule has 2 heterocycles. The summed E-state index contributed by atoms with van der Waals surface area (Å²) >= 11 is 3.03. The van der Waals surface area contributed by atoms with E-state index in [1.165, 1.54) is 17.8 Å². The zero-order valence-electron chi connectivity index (χ0n) is 15.9. The fraction of sp³-hybridized carbons (Fsp3) is 0.684. The van der Waals surface area contributed by atoms with E-state index in [1.807, 2.05) is 0 Å². The third-order valence-electron chi connectivity index (χ3n) is 5.60. The molecule has 0 spiro atoms. The molecule has 0 aromatic carbocycles. The van der Waals surface area contributed by atoms with Crippen LogP contribution in [0.5, 0.6) is 0 Å². The van der Waals surface area contributed by atoms with Gasteiger partial charge in [-0.3, -0.25) is 9.59 Å². The van der Waals surface area contributed by atoms with Crippen LogP contribution in [0, 0.1) is 11.8 Å². The number of unbranched alkanes of at least 4 members (excludes halogenated alkanes) is 1. The van der Waals surface area contributed by atoms with Crippen molar-refractivity contribution >= 4 is 39.5 Å². The van der Waals surface area contributed by atoms with E-state index in [2.05, 4.69) is 25.7 Å². The minimum Gasteiger partial charge on any atom is -0.300 e. The highest BCUT2D eigenvalue weighted by molar-refractivity contribution is 7.15. The molecule has 7 nitrogen and oxygen atoms in total. The zero-order chi connectivity index (χ0) is 19.3. The Hall–Kier alpha value is -1.74. The lowest BCUT2D eigenvalue weighted by molar-refractivity contribution is -0.124. The molecule has 150 valence electrons. The molecule has 1 N–H and O–H groups in total. The fourth-order valence-corrected chi connectivity index (χ4v) is 5.00. The van der Waals surface area contributed by atoms with Gasteiger partial charge in [0.05, 0.1) is 6.42 Å². The van der Waals surface area contributed by atoms with Gasteiger partial charge in [-0.25, -0.2) is 0 Å². The average molecular weight is 420 g/mol. The molecule has 0 unspecified atom stereocenters. The maximum absolute atomic E-state index is 12.0. The first-order chi connectivity index (χ1) is 13.7. The van der Waals surface area contributed by atoms with Crippen molar-refractivity contribution in [3.63, 3.8) is 0 Å². The van der Waals surface area contributed by atoms with Gasteiger partial charge >= 0.3 is 0 Å². The first-order valence-electron chi connectivity index (χ1n) is 10.1. The van der Waals surface area contributed by atoms with Crippen LogP contribution in [0.15, 0.2) is 0 Å². The number of amides is 1. The summed E-state index contributed by atoms with van der Waals surface area (Å²) in [4.78, 5) is 24.0. The molecule has 2 saturated carbocycles. The molecule has 2 aromatic rings. The molecule has 0 saturated heterocycles. The largest absolute Gasteiger partial charge is 0.300 e. The topological polar surface area (TPSA) is 97.7 Å². The molecule has 0 atom stereocenters. The van der Waals surface area contributed by atoms with Gasteiger partial charge in [0.1, 0.15) is 20.8 Å². The van der Waals surface area contributed by atoms with E-state index in [0.29, 0.717) is 17.3 Å². The normalized spacial score (nSPS) is 17.1. The second-order valence-electron chi connectivity index (χ2n) is 7.69. The van der Waals surface area contributed by atoms with Gasteiger partial charge < -0.3 is 5.32 Å². The van der Waals surface area contributed by atoms with Crippen molar-refractivity contribution in [3.05, 3.63) is 15.0 Å². The number of carbonyl (C=O) groups excluding carboxylic acids is 2. The molecule has 2 aromatic heterocycles. The Morgan fingerprint density at radius 1 is 0.821 bits per heavy atom. The molecule has 2 fully saturated rings. The smallest absolute Gasteiger partial charge is 0.229 e. The van der Waals surface area contributed by atoms with E-state index in [9.17, 15) is 9.59 Å². The van der Waals surface area contributed by atoms with Crippen LogP contribution in [-0.2, 0) is 28.9 Å². The van der Waals surface area contributed by atoms with E-state index >= 15 is 0 Å². The zero-order valence-corrected chi connectivity index (χ0v) is 17.5. The fourth-order valence-electron chi connectivity index (χ4n) is 3.32. The second-order valence-corrected chi connectivity index (χ2v) is 9.89. The number of anilines is 1. The van der Waals surface area contributed by atoms with E-state index in [-0.39, 0.29) is 17.7 Å². The van der Waals surface area contributed by atoms with Crippen molar-refractivity contribution in [2.75, 3.05) is 5.32 Å². The Labute approximate surface area is 172 Å². The van der Waals surface area contributed by atoms with Crippen LogP contribution in [0.1, 0.15) is 66.4 Å². The maximum atomic E-state index is 12.0. The van der Waals surface area contributed by atoms with Crippen LogP contribution in [0.4, 0.5) is 5.13 Å². The highest BCUT2D eigenvalue weighted by Gasteiger charge is 2.26. The number of nitrogens with zero attached hydrogens (tertiary/aromatic N) is 4. The van der Waals surface area contributed by atoms with Crippen LogP contribution in [0.3, 0.4) is 0 Å². The van der Waals surface area contributed by atoms with Crippen molar-refractivity contribution in [3.8, 4) is 0 Å². The summed E-state index contributed by atoms with van der Waals surface area (Å²) in [6, 6.07) is 0. The quantitative estimate of drug-likeness (QED) is 0.591. The van der Waals surface area contributed by atoms with Crippen LogP contribution in [0.25, 0.3) is 0 Å². The van der Waals surface area contributed by atoms with Gasteiger partial charge in [-0.05, 0) is 38.5 Å². The lowest BCUT2D eigenvalue weighted by Gasteiger charge is -2.23. The van der Waals surface area contributed by atoms with Crippen LogP contribution < -0.4 is 5.32 Å². The van der Waals surface area contributed by atoms with Crippen LogP contribution >= 0.6 is 22.7 Å². The minimum atomic E-state index is 0.0804. The Balaban J connectivity index is 1.15. The number of carbonyl (C=O) groups is 2. The first-order valence-corrected chi connectivity index (χ1v) is 11.8. The van der Waals surface area contributed by atoms with Crippen molar-refractivity contribution in [1.29, 1.82) is 0 Å². The monoisotopic (exact) mass is 419 g/mol. The van der Waals surface area contributed by atoms with E-state index in [0.717, 1.165) is 72.8 Å². The van der Waals surface area contributed by atoms with Gasteiger partial charge in [-0.2, -0.15) is 0 Å². The van der Waals surface area contributed by atoms with Crippen LogP contribution in [-0.4, -0.2) is 32.1 Å². The molecule has 0 radical (unpaired) electrons. The van der Waals surface area contributed by atoms with Crippen molar-refractivity contribution in [2.24, 2.45) is 11.8 Å². The van der Waals surface area contributed by atoms with Crippen LogP contribution in [0.2, 0.25) is 0 Å². The average Bonchev–Trinajstić information content (AvgIpc) is 3.17. The third-order valence-corrected chi connectivity index (χ3v) is 7.48. The van der Waals surface area contributed by atoms with Gasteiger partial charge in [0.25, 0.3) is 0 Å². The molecule has 2 aliphatic rings. The van der Waals surface area contributed by atoms with Gasteiger partial charge in [-0.15, -0.1) is 31.7 Å². The Bertz CT molecular complexity index is 758. The third kappa shape index (κ3) is 5.00. The molecule has 28 heavy (non-hydrogen) atoms. The molecule has 0 bridgehead atoms. The summed E-state index contributed by atoms with van der Waals surface area (Å²) in [5.74, 6) is 0.832. The number of nitrogens with one attached hydrogen (secondary N) is 1. The second kappa shape index (κ2) is 9.17. The summed E-state index contributed by atoms with van der Waals surface area (Å²) in [6.07, 6.45) is 10.5. The number of rotatable bonds is 10. The highest BCUT2D eigenvalue weighted by atomic mass is 32.1. The first kappa shape index (κ1) is 19.6. The summed E-state index contributed by atoms with van der Waals surface area (Å²) in [5, 5.41) is 22.9. The summed E-state index contributed by atoms with van der Waals surface area (Å²) in [5.41, 5.74) is 0. The van der Waals surface area contributed by atoms with E-state index < -0.39 is 0 Å². The Morgan fingerprint density at radius 3 is 2.07 bits per heavy atom. The number of Topliss-reactive ketones (excluding diaryl/α,β-unsaturated/α-hetero) is 1. The number of hydrogen-bond acceptors (Lipinski definition) is 8. The van der Waals surface area contributed by atoms with Gasteiger partial charge in [0, 0.05) is 24.7 Å². The summed E-state index contributed by atoms with van der Waals surface area (Å²) < 4.78 is 0. The molecular weight excluding hydrogens is 394 g/mol. The number of hydrogen-bond donors (Lipinski definition) is 1. The molecular formula is C19H25N5O2S2. The van der Waals surface area contributed by atoms with Gasteiger partial charge in [0.15, 0.2) is 0 Å². The number of ketones is 1. The van der Waals surface area contributed by atoms with E-state index in [1.54, 1.807) is 11.3 Å². The molecule has 9 heteroatoms. The number of aryl methyl sites for hydroxylation is 2. The highest BCUT2D eigenvalue weighted by Crippen LogP contribution is 2.29. The minimum absolute atomic E-state index is 0.0804. The predicted molar refractivity (Wildman–Crippen MR) is 108 cm³/mol. The van der Waals surface area contributed by atoms with Gasteiger partial charge in [-0.1, -0.05) is 24.2 Å². The lowest BCUT2D eigenvalue weighted by atomic mass is 9.81. The van der Waals surface area contributed by atoms with Crippen molar-refractivity contribution in [2.45, 2.75) is 70.6 Å². The molecule has 2 aliphatic carbocycles. The summed E-state index contributed by atoms with van der Waals surface area (Å²) in [6.45, 7) is 0. The Kier molecular flexibility index (Phi) is 6.41. The number of aromatic nitrogens is 4. The Morgan fingerprint density at radius 2 is 1.43 bits per heavy atom. The van der Waals surface area contributed by atoms with Crippen molar-refractivity contribution < 1.29 is 9.59 Å². The maximum Gasteiger partial charge on any atom is 0.229 e. The van der Waals surface area contributed by atoms with E-state index in [4.69, 9.17) is 0 Å². The summed E-state index contributed by atoms with van der Waals surface area (Å²) in [7, 11) is 0. The standard InChI is InChI=1S/C19H25N5O2S2/c25-14(12-5-3-6-12)11-17-23-21-15(27-17)9-1-2-10-16-22-24-19(28-16)20-18(26)13-7-4-8-13/h12-13H,1-11H2,(H,20,24,26). The SMILES string of the molecule is O=C(Cc1nnc(CCCCc2nnc(NC(=O)C3CCC3)s2)s1)C1CCC1.